The standard InChI is InChI=1S/C30H31FN6O2/c1-17(2)36-10-8-18(15-36)12-26-33-28(35-30(32)34-26)22-4-3-5-25(23(22)16-38)37-11-9-20-13-21(19-6-7-19)14-24(31)27(20)29(37)39/h3-5,8,10,13-15,17,19,38H,6-7,9,11-12,16H2,1-2H3,(H2,32,33,34,35). The first-order chi connectivity index (χ1) is 18.8. The summed E-state index contributed by atoms with van der Waals surface area (Å²) < 4.78 is 17.3. The van der Waals surface area contributed by atoms with Crippen molar-refractivity contribution < 1.29 is 14.3 Å². The predicted octanol–water partition coefficient (Wildman–Crippen LogP) is 4.81. The van der Waals surface area contributed by atoms with E-state index in [1.165, 1.54) is 11.0 Å². The van der Waals surface area contributed by atoms with Gasteiger partial charge in [0.15, 0.2) is 5.82 Å². The Morgan fingerprint density at radius 1 is 1.15 bits per heavy atom. The molecule has 1 saturated carbocycles. The van der Waals surface area contributed by atoms with Gasteiger partial charge in [0.2, 0.25) is 5.95 Å². The fourth-order valence-electron chi connectivity index (χ4n) is 5.38. The molecule has 0 spiro atoms. The zero-order chi connectivity index (χ0) is 27.3. The molecule has 2 aromatic heterocycles. The lowest BCUT2D eigenvalue weighted by Crippen LogP contribution is -2.39. The number of nitrogen functional groups attached to an aromatic ring is 1. The molecule has 0 bridgehead atoms. The Balaban J connectivity index is 1.34. The van der Waals surface area contributed by atoms with Crippen LogP contribution in [0.5, 0.6) is 0 Å². The highest BCUT2D eigenvalue weighted by atomic mass is 19.1. The maximum absolute atomic E-state index is 15.2. The Kier molecular flexibility index (Phi) is 6.38. The Hall–Kier alpha value is -4.11. The van der Waals surface area contributed by atoms with Gasteiger partial charge in [-0.25, -0.2) is 9.37 Å². The minimum Gasteiger partial charge on any atom is -0.392 e. The van der Waals surface area contributed by atoms with Crippen LogP contribution in [0.1, 0.15) is 77.1 Å². The molecule has 200 valence electrons. The van der Waals surface area contributed by atoms with Crippen molar-refractivity contribution in [3.05, 3.63) is 88.3 Å². The van der Waals surface area contributed by atoms with E-state index >= 15 is 4.39 Å². The van der Waals surface area contributed by atoms with Crippen LogP contribution in [0.15, 0.2) is 48.8 Å². The number of fused-ring (bicyclic) bond motifs is 1. The predicted molar refractivity (Wildman–Crippen MR) is 147 cm³/mol. The third-order valence-electron chi connectivity index (χ3n) is 7.58. The van der Waals surface area contributed by atoms with Crippen LogP contribution in [0, 0.1) is 5.82 Å². The van der Waals surface area contributed by atoms with Crippen LogP contribution in [0.25, 0.3) is 11.4 Å². The molecule has 0 atom stereocenters. The molecule has 2 aliphatic rings. The van der Waals surface area contributed by atoms with Crippen LogP contribution in [0.3, 0.4) is 0 Å². The van der Waals surface area contributed by atoms with Crippen molar-refractivity contribution in [3.63, 3.8) is 0 Å². The number of halogens is 1. The first kappa shape index (κ1) is 25.2. The molecular formula is C30H31FN6O2. The molecule has 1 amide bonds. The summed E-state index contributed by atoms with van der Waals surface area (Å²) in [6.07, 6.45) is 7.21. The number of rotatable bonds is 7. The fourth-order valence-corrected chi connectivity index (χ4v) is 5.38. The van der Waals surface area contributed by atoms with E-state index < -0.39 is 11.7 Å². The van der Waals surface area contributed by atoms with Crippen molar-refractivity contribution in [2.45, 2.75) is 58.1 Å². The van der Waals surface area contributed by atoms with E-state index in [-0.39, 0.29) is 18.1 Å². The Morgan fingerprint density at radius 3 is 2.69 bits per heavy atom. The number of carbonyl (C=O) groups is 1. The lowest BCUT2D eigenvalue weighted by atomic mass is 9.93. The number of anilines is 2. The summed E-state index contributed by atoms with van der Waals surface area (Å²) in [7, 11) is 0. The number of amides is 1. The van der Waals surface area contributed by atoms with Gasteiger partial charge in [-0.05, 0) is 73.9 Å². The Bertz CT molecular complexity index is 1580. The van der Waals surface area contributed by atoms with Crippen molar-refractivity contribution in [1.82, 2.24) is 19.5 Å². The number of nitrogens with two attached hydrogens (primary N) is 1. The van der Waals surface area contributed by atoms with Crippen LogP contribution in [0.2, 0.25) is 0 Å². The van der Waals surface area contributed by atoms with Crippen LogP contribution < -0.4 is 10.6 Å². The summed E-state index contributed by atoms with van der Waals surface area (Å²) in [5, 5.41) is 10.4. The molecular weight excluding hydrogens is 495 g/mol. The van der Waals surface area contributed by atoms with Gasteiger partial charge in [0.1, 0.15) is 11.6 Å². The quantitative estimate of drug-likeness (QED) is 0.358. The number of aliphatic hydroxyl groups excluding tert-OH is 1. The van der Waals surface area contributed by atoms with E-state index in [0.717, 1.165) is 29.5 Å². The number of aromatic nitrogens is 4. The lowest BCUT2D eigenvalue weighted by Gasteiger charge is -2.31. The zero-order valence-electron chi connectivity index (χ0n) is 22.1. The van der Waals surface area contributed by atoms with Crippen molar-refractivity contribution in [2.75, 3.05) is 17.2 Å². The van der Waals surface area contributed by atoms with Crippen LogP contribution >= 0.6 is 0 Å². The zero-order valence-corrected chi connectivity index (χ0v) is 22.1. The molecule has 39 heavy (non-hydrogen) atoms. The first-order valence-electron chi connectivity index (χ1n) is 13.4. The van der Waals surface area contributed by atoms with Gasteiger partial charge in [0.25, 0.3) is 5.91 Å². The summed E-state index contributed by atoms with van der Waals surface area (Å²) >= 11 is 0. The summed E-state index contributed by atoms with van der Waals surface area (Å²) in [6.45, 7) is 4.24. The highest BCUT2D eigenvalue weighted by Crippen LogP contribution is 2.42. The van der Waals surface area contributed by atoms with Crippen LogP contribution in [-0.4, -0.2) is 37.1 Å². The van der Waals surface area contributed by atoms with Crippen LogP contribution in [-0.2, 0) is 19.4 Å². The highest BCUT2D eigenvalue weighted by molar-refractivity contribution is 6.09. The molecule has 9 heteroatoms. The van der Waals surface area contributed by atoms with Gasteiger partial charge in [-0.2, -0.15) is 9.97 Å². The van der Waals surface area contributed by atoms with E-state index in [4.69, 9.17) is 5.73 Å². The maximum atomic E-state index is 15.2. The minimum atomic E-state index is -0.480. The molecule has 2 aromatic carbocycles. The molecule has 0 unspecified atom stereocenters. The highest BCUT2D eigenvalue weighted by Gasteiger charge is 2.33. The largest absolute Gasteiger partial charge is 0.392 e. The lowest BCUT2D eigenvalue weighted by molar-refractivity contribution is 0.0976. The van der Waals surface area contributed by atoms with E-state index in [2.05, 4.69) is 39.6 Å². The second-order valence-corrected chi connectivity index (χ2v) is 10.7. The second kappa shape index (κ2) is 9.89. The van der Waals surface area contributed by atoms with Crippen molar-refractivity contribution in [3.8, 4) is 11.4 Å². The van der Waals surface area contributed by atoms with E-state index in [0.29, 0.717) is 59.8 Å². The van der Waals surface area contributed by atoms with Gasteiger partial charge < -0.3 is 20.3 Å². The number of carbonyl (C=O) groups excluding carboxylic acids is 1. The molecule has 8 nitrogen and oxygen atoms in total. The minimum absolute atomic E-state index is 0.0732. The molecule has 4 aromatic rings. The molecule has 1 fully saturated rings. The Labute approximate surface area is 226 Å². The second-order valence-electron chi connectivity index (χ2n) is 10.7. The number of benzene rings is 2. The maximum Gasteiger partial charge on any atom is 0.261 e. The third kappa shape index (κ3) is 4.78. The molecule has 1 aliphatic heterocycles. The monoisotopic (exact) mass is 526 g/mol. The molecule has 1 aliphatic carbocycles. The van der Waals surface area contributed by atoms with Gasteiger partial charge in [-0.1, -0.05) is 18.2 Å². The number of hydrogen-bond acceptors (Lipinski definition) is 6. The normalized spacial score (nSPS) is 15.2. The average Bonchev–Trinajstić information content (AvgIpc) is 3.66. The smallest absolute Gasteiger partial charge is 0.261 e. The summed E-state index contributed by atoms with van der Waals surface area (Å²) in [5.74, 6) is 0.412. The van der Waals surface area contributed by atoms with Gasteiger partial charge in [0.05, 0.1) is 17.9 Å². The molecule has 6 rings (SSSR count). The summed E-state index contributed by atoms with van der Waals surface area (Å²) in [5.41, 5.74) is 10.5. The van der Waals surface area contributed by atoms with Crippen molar-refractivity contribution in [1.29, 1.82) is 0 Å². The van der Waals surface area contributed by atoms with E-state index in [1.54, 1.807) is 18.2 Å². The molecule has 0 saturated heterocycles. The van der Waals surface area contributed by atoms with E-state index in [9.17, 15) is 9.90 Å². The summed E-state index contributed by atoms with van der Waals surface area (Å²) in [4.78, 5) is 28.4. The molecule has 3 N–H and O–H groups in total. The number of aliphatic hydroxyl groups is 1. The van der Waals surface area contributed by atoms with Gasteiger partial charge >= 0.3 is 0 Å². The van der Waals surface area contributed by atoms with Crippen molar-refractivity contribution >= 4 is 17.5 Å². The topological polar surface area (TPSA) is 110 Å². The average molecular weight is 527 g/mol. The van der Waals surface area contributed by atoms with Crippen molar-refractivity contribution in [2.24, 2.45) is 0 Å². The van der Waals surface area contributed by atoms with Gasteiger partial charge in [0, 0.05) is 42.5 Å². The SMILES string of the molecule is CC(C)n1ccc(Cc2nc(N)nc(-c3cccc(N4CCc5cc(C6CC6)cc(F)c5C4=O)c3CO)n2)c1. The Morgan fingerprint density at radius 2 is 1.97 bits per heavy atom. The number of nitrogens with zero attached hydrogens (tertiary/aromatic N) is 5. The van der Waals surface area contributed by atoms with Crippen LogP contribution in [0.4, 0.5) is 16.0 Å². The molecule has 0 radical (unpaired) electrons. The molecule has 3 heterocycles. The fraction of sp³-hybridized carbons (Fsp3) is 0.333. The third-order valence-corrected chi connectivity index (χ3v) is 7.58. The van der Waals surface area contributed by atoms with Gasteiger partial charge in [-0.3, -0.25) is 4.79 Å². The van der Waals surface area contributed by atoms with Gasteiger partial charge in [-0.15, -0.1) is 0 Å². The number of hydrogen-bond donors (Lipinski definition) is 2. The first-order valence-corrected chi connectivity index (χ1v) is 13.4. The summed E-state index contributed by atoms with van der Waals surface area (Å²) in [6, 6.07) is 11.2. The van der Waals surface area contributed by atoms with E-state index in [1.807, 2.05) is 18.3 Å².